The Morgan fingerprint density at radius 1 is 1.79 bits per heavy atom. The maximum Gasteiger partial charge on any atom is 0.249 e. The lowest BCUT2D eigenvalue weighted by molar-refractivity contribution is -0.149. The van der Waals surface area contributed by atoms with Crippen molar-refractivity contribution in [2.75, 3.05) is 19.6 Å². The standard InChI is InChI=1S/C10H18N2O2/c1-4-5-12-9(13)8(2)14-10(3)6-11-7-10/h4,8,11H,1,5-7H2,2-3H3,(H,12,13). The Bertz CT molecular complexity index is 224. The third kappa shape index (κ3) is 2.82. The largest absolute Gasteiger partial charge is 0.360 e. The van der Waals surface area contributed by atoms with Crippen LogP contribution in [0.5, 0.6) is 0 Å². The molecule has 0 aromatic rings. The van der Waals surface area contributed by atoms with E-state index in [0.29, 0.717) is 6.54 Å². The predicted molar refractivity (Wildman–Crippen MR) is 55.0 cm³/mol. The van der Waals surface area contributed by atoms with Gasteiger partial charge in [-0.1, -0.05) is 6.08 Å². The van der Waals surface area contributed by atoms with Crippen LogP contribution in [0.25, 0.3) is 0 Å². The highest BCUT2D eigenvalue weighted by Gasteiger charge is 2.35. The highest BCUT2D eigenvalue weighted by atomic mass is 16.5. The van der Waals surface area contributed by atoms with Gasteiger partial charge in [-0.2, -0.15) is 0 Å². The molecule has 1 atom stereocenters. The highest BCUT2D eigenvalue weighted by Crippen LogP contribution is 2.17. The molecule has 1 amide bonds. The maximum absolute atomic E-state index is 11.4. The average molecular weight is 198 g/mol. The molecule has 80 valence electrons. The molecule has 0 aliphatic carbocycles. The SMILES string of the molecule is C=CCNC(=O)C(C)OC1(C)CNC1. The van der Waals surface area contributed by atoms with E-state index < -0.39 is 6.10 Å². The number of amides is 1. The van der Waals surface area contributed by atoms with E-state index in [2.05, 4.69) is 17.2 Å². The molecule has 0 aromatic heterocycles. The van der Waals surface area contributed by atoms with Gasteiger partial charge in [-0.3, -0.25) is 4.79 Å². The van der Waals surface area contributed by atoms with Gasteiger partial charge in [0.25, 0.3) is 0 Å². The molecule has 1 heterocycles. The van der Waals surface area contributed by atoms with Crippen molar-refractivity contribution in [3.63, 3.8) is 0 Å². The van der Waals surface area contributed by atoms with Crippen molar-refractivity contribution in [1.82, 2.24) is 10.6 Å². The van der Waals surface area contributed by atoms with Crippen molar-refractivity contribution in [2.45, 2.75) is 25.6 Å². The van der Waals surface area contributed by atoms with Crippen LogP contribution in [-0.2, 0) is 9.53 Å². The van der Waals surface area contributed by atoms with Crippen LogP contribution in [-0.4, -0.2) is 37.2 Å². The van der Waals surface area contributed by atoms with E-state index in [1.165, 1.54) is 0 Å². The van der Waals surface area contributed by atoms with E-state index in [-0.39, 0.29) is 11.5 Å². The van der Waals surface area contributed by atoms with E-state index in [9.17, 15) is 4.79 Å². The normalized spacial score (nSPS) is 20.7. The minimum Gasteiger partial charge on any atom is -0.360 e. The zero-order chi connectivity index (χ0) is 10.6. The van der Waals surface area contributed by atoms with Gasteiger partial charge in [0.05, 0.1) is 5.60 Å². The highest BCUT2D eigenvalue weighted by molar-refractivity contribution is 5.80. The first-order valence-corrected chi connectivity index (χ1v) is 4.84. The molecule has 1 rings (SSSR count). The third-order valence-electron chi connectivity index (χ3n) is 2.25. The van der Waals surface area contributed by atoms with Crippen LogP contribution in [0, 0.1) is 0 Å². The number of carbonyl (C=O) groups is 1. The van der Waals surface area contributed by atoms with E-state index in [1.807, 2.05) is 6.92 Å². The summed E-state index contributed by atoms with van der Waals surface area (Å²) in [6.45, 7) is 9.41. The molecular formula is C10H18N2O2. The molecule has 4 heteroatoms. The van der Waals surface area contributed by atoms with Crippen molar-refractivity contribution in [2.24, 2.45) is 0 Å². The Kier molecular flexibility index (Phi) is 3.66. The van der Waals surface area contributed by atoms with Crippen molar-refractivity contribution >= 4 is 5.91 Å². The predicted octanol–water partition coefficient (Wildman–Crippen LogP) is 0.0556. The van der Waals surface area contributed by atoms with Crippen molar-refractivity contribution < 1.29 is 9.53 Å². The average Bonchev–Trinajstić information content (AvgIpc) is 2.11. The molecule has 1 aliphatic heterocycles. The molecule has 1 saturated heterocycles. The molecule has 2 N–H and O–H groups in total. The second-order valence-electron chi connectivity index (χ2n) is 3.85. The van der Waals surface area contributed by atoms with Gasteiger partial charge in [0, 0.05) is 19.6 Å². The first-order valence-electron chi connectivity index (χ1n) is 4.84. The van der Waals surface area contributed by atoms with E-state index in [1.54, 1.807) is 13.0 Å². The third-order valence-corrected chi connectivity index (χ3v) is 2.25. The van der Waals surface area contributed by atoms with Gasteiger partial charge in [0.2, 0.25) is 5.91 Å². The quantitative estimate of drug-likeness (QED) is 0.614. The Morgan fingerprint density at radius 3 is 2.86 bits per heavy atom. The van der Waals surface area contributed by atoms with Crippen LogP contribution in [0.15, 0.2) is 12.7 Å². The van der Waals surface area contributed by atoms with Crippen LogP contribution in [0.2, 0.25) is 0 Å². The summed E-state index contributed by atoms with van der Waals surface area (Å²) < 4.78 is 5.62. The molecule has 1 unspecified atom stereocenters. The zero-order valence-electron chi connectivity index (χ0n) is 8.80. The molecule has 1 fully saturated rings. The van der Waals surface area contributed by atoms with E-state index in [4.69, 9.17) is 4.74 Å². The van der Waals surface area contributed by atoms with Crippen molar-refractivity contribution in [1.29, 1.82) is 0 Å². The summed E-state index contributed by atoms with van der Waals surface area (Å²) in [6, 6.07) is 0. The van der Waals surface area contributed by atoms with Crippen molar-refractivity contribution in [3.8, 4) is 0 Å². The summed E-state index contributed by atoms with van der Waals surface area (Å²) >= 11 is 0. The Hall–Kier alpha value is -0.870. The smallest absolute Gasteiger partial charge is 0.249 e. The first kappa shape index (κ1) is 11.2. The lowest BCUT2D eigenvalue weighted by Gasteiger charge is -2.40. The number of rotatable bonds is 5. The van der Waals surface area contributed by atoms with Crippen LogP contribution >= 0.6 is 0 Å². The zero-order valence-corrected chi connectivity index (χ0v) is 8.80. The molecule has 4 nitrogen and oxygen atoms in total. The first-order chi connectivity index (χ1) is 6.57. The molecule has 0 spiro atoms. The van der Waals surface area contributed by atoms with Crippen LogP contribution in [0.4, 0.5) is 0 Å². The monoisotopic (exact) mass is 198 g/mol. The second-order valence-corrected chi connectivity index (χ2v) is 3.85. The number of carbonyl (C=O) groups excluding carboxylic acids is 1. The van der Waals surface area contributed by atoms with Gasteiger partial charge in [-0.05, 0) is 13.8 Å². The van der Waals surface area contributed by atoms with Crippen LogP contribution < -0.4 is 10.6 Å². The van der Waals surface area contributed by atoms with E-state index in [0.717, 1.165) is 13.1 Å². The van der Waals surface area contributed by atoms with Crippen LogP contribution in [0.3, 0.4) is 0 Å². The van der Waals surface area contributed by atoms with E-state index >= 15 is 0 Å². The van der Waals surface area contributed by atoms with Gasteiger partial charge < -0.3 is 15.4 Å². The summed E-state index contributed by atoms with van der Waals surface area (Å²) in [6.07, 6.45) is 1.25. The Balaban J connectivity index is 2.29. The topological polar surface area (TPSA) is 50.4 Å². The Labute approximate surface area is 84.7 Å². The molecule has 0 aromatic carbocycles. The van der Waals surface area contributed by atoms with Gasteiger partial charge in [0.15, 0.2) is 0 Å². The summed E-state index contributed by atoms with van der Waals surface area (Å²) in [5.74, 6) is -0.0852. The number of hydrogen-bond donors (Lipinski definition) is 2. The fourth-order valence-electron chi connectivity index (χ4n) is 1.36. The Morgan fingerprint density at radius 2 is 2.43 bits per heavy atom. The maximum atomic E-state index is 11.4. The van der Waals surface area contributed by atoms with Crippen LogP contribution in [0.1, 0.15) is 13.8 Å². The molecule has 1 aliphatic rings. The fraction of sp³-hybridized carbons (Fsp3) is 0.700. The summed E-state index contributed by atoms with van der Waals surface area (Å²) in [5.41, 5.74) is -0.176. The summed E-state index contributed by atoms with van der Waals surface area (Å²) in [4.78, 5) is 11.4. The lowest BCUT2D eigenvalue weighted by Crippen LogP contribution is -2.61. The minimum absolute atomic E-state index is 0.0852. The molecule has 14 heavy (non-hydrogen) atoms. The molecule has 0 radical (unpaired) electrons. The summed E-state index contributed by atoms with van der Waals surface area (Å²) in [7, 11) is 0. The van der Waals surface area contributed by atoms with Gasteiger partial charge >= 0.3 is 0 Å². The van der Waals surface area contributed by atoms with Gasteiger partial charge in [0.1, 0.15) is 6.10 Å². The van der Waals surface area contributed by atoms with Crippen molar-refractivity contribution in [3.05, 3.63) is 12.7 Å². The molecular weight excluding hydrogens is 180 g/mol. The molecule has 0 bridgehead atoms. The van der Waals surface area contributed by atoms with Gasteiger partial charge in [-0.15, -0.1) is 6.58 Å². The number of nitrogens with one attached hydrogen (secondary N) is 2. The summed E-state index contributed by atoms with van der Waals surface area (Å²) in [5, 5.41) is 5.82. The minimum atomic E-state index is -0.401. The van der Waals surface area contributed by atoms with Gasteiger partial charge in [-0.25, -0.2) is 0 Å². The number of hydrogen-bond acceptors (Lipinski definition) is 3. The molecule has 0 saturated carbocycles. The lowest BCUT2D eigenvalue weighted by atomic mass is 10.00. The second kappa shape index (κ2) is 4.57. The number of ether oxygens (including phenoxy) is 1. The fourth-order valence-corrected chi connectivity index (χ4v) is 1.36.